The van der Waals surface area contributed by atoms with Gasteiger partial charge in [0.2, 0.25) is 0 Å². The summed E-state index contributed by atoms with van der Waals surface area (Å²) in [7, 11) is 0. The van der Waals surface area contributed by atoms with Crippen LogP contribution in [0.5, 0.6) is 0 Å². The van der Waals surface area contributed by atoms with E-state index in [-0.39, 0.29) is 17.1 Å². The molecule has 0 fully saturated rings. The van der Waals surface area contributed by atoms with E-state index in [2.05, 4.69) is 39.1 Å². The fourth-order valence-corrected chi connectivity index (χ4v) is 3.54. The minimum absolute atomic E-state index is 0. The molecule has 2 unspecified atom stereocenters. The summed E-state index contributed by atoms with van der Waals surface area (Å²) < 4.78 is 0. The molecule has 0 N–H and O–H groups in total. The number of thiol groups is 2. The third-order valence-corrected chi connectivity index (χ3v) is 6.14. The normalized spacial score (nSPS) is 12.3. The summed E-state index contributed by atoms with van der Waals surface area (Å²) in [5.41, 5.74) is 0. The van der Waals surface area contributed by atoms with Crippen molar-refractivity contribution < 1.29 is 36.9 Å². The monoisotopic (exact) mass is 525 g/mol. The van der Waals surface area contributed by atoms with Crippen molar-refractivity contribution in [1.29, 1.82) is 0 Å². The van der Waals surface area contributed by atoms with Crippen molar-refractivity contribution in [2.45, 2.75) is 140 Å². The molecule has 0 saturated carbocycles. The van der Waals surface area contributed by atoms with Crippen molar-refractivity contribution in [3.63, 3.8) is 0 Å². The zero-order valence-corrected chi connectivity index (χ0v) is 22.4. The van der Waals surface area contributed by atoms with Gasteiger partial charge in [-0.15, -0.1) is 0 Å². The molecular formula is C24H46CuO4S2. The minimum atomic E-state index is -1.04. The van der Waals surface area contributed by atoms with Crippen LogP contribution in [-0.2, 0) is 26.7 Å². The first-order valence-electron chi connectivity index (χ1n) is 12.1. The van der Waals surface area contributed by atoms with Crippen LogP contribution in [0.15, 0.2) is 0 Å². The molecule has 0 aromatic carbocycles. The number of hydrogen-bond donors (Lipinski definition) is 2. The predicted octanol–water partition coefficient (Wildman–Crippen LogP) is 5.13. The van der Waals surface area contributed by atoms with Gasteiger partial charge in [0, 0.05) is 10.5 Å². The second-order valence-corrected chi connectivity index (χ2v) is 9.44. The molecule has 7 heteroatoms. The smallest absolute Gasteiger partial charge is 0.549 e. The van der Waals surface area contributed by atoms with Gasteiger partial charge in [0.15, 0.2) is 0 Å². The van der Waals surface area contributed by atoms with E-state index in [1.807, 2.05) is 0 Å². The quantitative estimate of drug-likeness (QED) is 0.131. The molecule has 0 aromatic heterocycles. The van der Waals surface area contributed by atoms with Crippen molar-refractivity contribution in [1.82, 2.24) is 0 Å². The predicted molar refractivity (Wildman–Crippen MR) is 130 cm³/mol. The van der Waals surface area contributed by atoms with E-state index in [0.717, 1.165) is 25.7 Å². The summed E-state index contributed by atoms with van der Waals surface area (Å²) in [5, 5.41) is 19.5. The standard InChI is InChI=1S/2C12H24O2S.Cu/c2*1-2-3-4-5-6-7-8-9-10-11(15)12(13)14;/h2*11,15H,2-10H2,1H3,(H,13,14);/q;;+2/p-2. The molecule has 0 aliphatic carbocycles. The van der Waals surface area contributed by atoms with Gasteiger partial charge in [0.1, 0.15) is 0 Å². The molecule has 0 saturated heterocycles. The molecule has 189 valence electrons. The van der Waals surface area contributed by atoms with E-state index in [4.69, 9.17) is 0 Å². The summed E-state index contributed by atoms with van der Waals surface area (Å²) >= 11 is 7.87. The Morgan fingerprint density at radius 3 is 1.00 bits per heavy atom. The maximum Gasteiger partial charge on any atom is 2.00 e. The van der Waals surface area contributed by atoms with E-state index in [0.29, 0.717) is 12.8 Å². The first-order valence-corrected chi connectivity index (χ1v) is 13.2. The molecule has 0 spiro atoms. The Kier molecular flexibility index (Phi) is 32.5. The van der Waals surface area contributed by atoms with Gasteiger partial charge in [0.05, 0.1) is 11.9 Å². The zero-order chi connectivity index (χ0) is 23.0. The van der Waals surface area contributed by atoms with Crippen molar-refractivity contribution in [3.8, 4) is 0 Å². The molecule has 2 atom stereocenters. The SMILES string of the molecule is CCCCCCCCCCC(S)C(=O)[O-].CCCCCCCCCCC(S)C(=O)[O-].[Cu+2]. The summed E-state index contributed by atoms with van der Waals surface area (Å²) in [4.78, 5) is 20.7. The molecule has 0 amide bonds. The van der Waals surface area contributed by atoms with Crippen LogP contribution in [-0.4, -0.2) is 22.4 Å². The van der Waals surface area contributed by atoms with Crippen LogP contribution in [0.1, 0.15) is 129 Å². The van der Waals surface area contributed by atoms with Crippen molar-refractivity contribution in [2.75, 3.05) is 0 Å². The first-order chi connectivity index (χ1) is 14.4. The first kappa shape index (κ1) is 35.7. The summed E-state index contributed by atoms with van der Waals surface area (Å²) in [6.45, 7) is 4.43. The fraction of sp³-hybridized carbons (Fsp3) is 0.917. The van der Waals surface area contributed by atoms with Crippen molar-refractivity contribution >= 4 is 37.2 Å². The molecule has 31 heavy (non-hydrogen) atoms. The third-order valence-electron chi connectivity index (χ3n) is 5.21. The maximum absolute atomic E-state index is 10.3. The van der Waals surface area contributed by atoms with E-state index in [1.54, 1.807) is 0 Å². The second-order valence-electron chi connectivity index (χ2n) is 8.20. The summed E-state index contributed by atoms with van der Waals surface area (Å²) in [5.74, 6) is -2.08. The average molecular weight is 526 g/mol. The van der Waals surface area contributed by atoms with Crippen LogP contribution in [0, 0.1) is 0 Å². The number of carboxylic acids is 2. The Morgan fingerprint density at radius 1 is 0.548 bits per heavy atom. The second kappa shape index (κ2) is 28.2. The van der Waals surface area contributed by atoms with Crippen LogP contribution in [0.4, 0.5) is 0 Å². The van der Waals surface area contributed by atoms with E-state index in [1.165, 1.54) is 77.0 Å². The molecule has 0 heterocycles. The van der Waals surface area contributed by atoms with Gasteiger partial charge < -0.3 is 19.8 Å². The molecule has 0 aliphatic rings. The number of carboxylic acid groups (broad SMARTS) is 2. The van der Waals surface area contributed by atoms with Crippen LogP contribution in [0.25, 0.3) is 0 Å². The Bertz CT molecular complexity index is 362. The number of rotatable bonds is 20. The molecule has 0 aliphatic heterocycles. The van der Waals surface area contributed by atoms with Crippen molar-refractivity contribution in [3.05, 3.63) is 0 Å². The maximum atomic E-state index is 10.3. The number of aliphatic carboxylic acids is 2. The number of carbonyl (C=O) groups excluding carboxylic acids is 2. The Balaban J connectivity index is -0.000000490. The molecule has 4 nitrogen and oxygen atoms in total. The van der Waals surface area contributed by atoms with Gasteiger partial charge in [0.25, 0.3) is 0 Å². The Hall–Kier alpha value is 0.159. The van der Waals surface area contributed by atoms with Crippen LogP contribution >= 0.6 is 25.3 Å². The van der Waals surface area contributed by atoms with Gasteiger partial charge in [-0.3, -0.25) is 0 Å². The van der Waals surface area contributed by atoms with Crippen LogP contribution in [0.3, 0.4) is 0 Å². The number of unbranched alkanes of at least 4 members (excludes halogenated alkanes) is 14. The van der Waals surface area contributed by atoms with E-state index >= 15 is 0 Å². The summed E-state index contributed by atoms with van der Waals surface area (Å²) in [6.07, 6.45) is 21.0. The fourth-order valence-electron chi connectivity index (χ4n) is 3.18. The minimum Gasteiger partial charge on any atom is -0.549 e. The van der Waals surface area contributed by atoms with Gasteiger partial charge in [-0.1, -0.05) is 117 Å². The van der Waals surface area contributed by atoms with Gasteiger partial charge >= 0.3 is 17.1 Å². The number of hydrogen-bond acceptors (Lipinski definition) is 6. The van der Waals surface area contributed by atoms with Gasteiger partial charge in [-0.25, -0.2) is 0 Å². The molecule has 1 radical (unpaired) electrons. The average Bonchev–Trinajstić information content (AvgIpc) is 2.71. The topological polar surface area (TPSA) is 80.3 Å². The summed E-state index contributed by atoms with van der Waals surface area (Å²) in [6, 6.07) is 0. The van der Waals surface area contributed by atoms with Crippen molar-refractivity contribution in [2.24, 2.45) is 0 Å². The number of carbonyl (C=O) groups is 2. The van der Waals surface area contributed by atoms with Crippen LogP contribution in [0.2, 0.25) is 0 Å². The third kappa shape index (κ3) is 30.2. The Morgan fingerprint density at radius 2 is 0.774 bits per heavy atom. The van der Waals surface area contributed by atoms with Gasteiger partial charge in [-0.2, -0.15) is 25.3 Å². The van der Waals surface area contributed by atoms with E-state index in [9.17, 15) is 19.8 Å². The molecule has 0 aromatic rings. The van der Waals surface area contributed by atoms with E-state index < -0.39 is 22.4 Å². The van der Waals surface area contributed by atoms with Crippen LogP contribution < -0.4 is 10.2 Å². The zero-order valence-electron chi connectivity index (χ0n) is 19.7. The largest absolute Gasteiger partial charge is 2.00 e. The Labute approximate surface area is 213 Å². The molecule has 0 bridgehead atoms. The molecule has 0 rings (SSSR count). The molecular weight excluding hydrogens is 480 g/mol. The van der Waals surface area contributed by atoms with Gasteiger partial charge in [-0.05, 0) is 12.8 Å².